The quantitative estimate of drug-likeness (QED) is 0.686. The smallest absolute Gasteiger partial charge is 0.237 e. The molecule has 0 aliphatic carbocycles. The number of H-pyrrole nitrogens is 1. The minimum absolute atomic E-state index is 0.429. The standard InChI is InChI=1S/C8H13N3O/c1-12-8-6(5-10-11-8)7-3-2-4-9-7/h5,7,9H,2-4H2,1H3,(H,10,11). The summed E-state index contributed by atoms with van der Waals surface area (Å²) in [5, 5.41) is 10.2. The van der Waals surface area contributed by atoms with Crippen LogP contribution in [0.2, 0.25) is 0 Å². The summed E-state index contributed by atoms with van der Waals surface area (Å²) in [5.74, 6) is 0.717. The van der Waals surface area contributed by atoms with Crippen LogP contribution in [0.25, 0.3) is 0 Å². The highest BCUT2D eigenvalue weighted by Crippen LogP contribution is 2.28. The lowest BCUT2D eigenvalue weighted by Crippen LogP contribution is -2.12. The van der Waals surface area contributed by atoms with Gasteiger partial charge in [0.2, 0.25) is 5.88 Å². The molecular formula is C8H13N3O. The van der Waals surface area contributed by atoms with Gasteiger partial charge in [0.15, 0.2) is 0 Å². The average molecular weight is 167 g/mol. The number of nitrogens with zero attached hydrogens (tertiary/aromatic N) is 1. The molecule has 66 valence electrons. The summed E-state index contributed by atoms with van der Waals surface area (Å²) < 4.78 is 5.12. The maximum absolute atomic E-state index is 5.12. The summed E-state index contributed by atoms with van der Waals surface area (Å²) in [7, 11) is 1.65. The molecule has 0 spiro atoms. The first-order valence-electron chi connectivity index (χ1n) is 4.23. The van der Waals surface area contributed by atoms with Gasteiger partial charge >= 0.3 is 0 Å². The molecule has 1 aliphatic heterocycles. The summed E-state index contributed by atoms with van der Waals surface area (Å²) in [5.41, 5.74) is 1.15. The van der Waals surface area contributed by atoms with E-state index in [9.17, 15) is 0 Å². The van der Waals surface area contributed by atoms with E-state index >= 15 is 0 Å². The minimum atomic E-state index is 0.429. The molecule has 4 heteroatoms. The Morgan fingerprint density at radius 1 is 1.67 bits per heavy atom. The Morgan fingerprint density at radius 3 is 3.25 bits per heavy atom. The zero-order valence-corrected chi connectivity index (χ0v) is 7.13. The van der Waals surface area contributed by atoms with Crippen molar-refractivity contribution in [3.8, 4) is 5.88 Å². The lowest BCUT2D eigenvalue weighted by molar-refractivity contribution is 0.387. The zero-order chi connectivity index (χ0) is 8.39. The third-order valence-corrected chi connectivity index (χ3v) is 2.26. The van der Waals surface area contributed by atoms with E-state index in [4.69, 9.17) is 4.74 Å². The summed E-state index contributed by atoms with van der Waals surface area (Å²) >= 11 is 0. The Balaban J connectivity index is 2.19. The topological polar surface area (TPSA) is 49.9 Å². The first-order valence-corrected chi connectivity index (χ1v) is 4.23. The average Bonchev–Trinajstić information content (AvgIpc) is 2.74. The van der Waals surface area contributed by atoms with Gasteiger partial charge in [-0.05, 0) is 19.4 Å². The van der Waals surface area contributed by atoms with Crippen molar-refractivity contribution in [2.75, 3.05) is 13.7 Å². The highest BCUT2D eigenvalue weighted by molar-refractivity contribution is 5.26. The molecule has 0 amide bonds. The van der Waals surface area contributed by atoms with Crippen LogP contribution in [-0.2, 0) is 0 Å². The first kappa shape index (κ1) is 7.61. The van der Waals surface area contributed by atoms with Gasteiger partial charge in [-0.25, -0.2) is 0 Å². The largest absolute Gasteiger partial charge is 0.480 e. The fourth-order valence-corrected chi connectivity index (χ4v) is 1.65. The second-order valence-corrected chi connectivity index (χ2v) is 3.00. The molecule has 2 N–H and O–H groups in total. The number of hydrogen-bond acceptors (Lipinski definition) is 3. The number of aromatic nitrogens is 2. The second-order valence-electron chi connectivity index (χ2n) is 3.00. The van der Waals surface area contributed by atoms with Crippen molar-refractivity contribution >= 4 is 0 Å². The molecule has 1 saturated heterocycles. The maximum Gasteiger partial charge on any atom is 0.237 e. The third kappa shape index (κ3) is 1.18. The highest BCUT2D eigenvalue weighted by Gasteiger charge is 2.21. The van der Waals surface area contributed by atoms with Gasteiger partial charge in [-0.2, -0.15) is 0 Å². The van der Waals surface area contributed by atoms with Crippen molar-refractivity contribution in [3.05, 3.63) is 11.8 Å². The molecular weight excluding hydrogens is 154 g/mol. The Bertz CT molecular complexity index is 253. The van der Waals surface area contributed by atoms with Gasteiger partial charge in [-0.15, -0.1) is 5.10 Å². The van der Waals surface area contributed by atoms with Crippen LogP contribution in [0.15, 0.2) is 6.20 Å². The van der Waals surface area contributed by atoms with Crippen LogP contribution in [0.3, 0.4) is 0 Å². The number of nitrogens with one attached hydrogen (secondary N) is 2. The molecule has 1 aliphatic rings. The summed E-state index contributed by atoms with van der Waals surface area (Å²) in [4.78, 5) is 0. The SMILES string of the molecule is COc1n[nH]cc1C1CCCN1. The van der Waals surface area contributed by atoms with Crippen molar-refractivity contribution in [3.63, 3.8) is 0 Å². The van der Waals surface area contributed by atoms with Crippen LogP contribution in [0.5, 0.6) is 5.88 Å². The third-order valence-electron chi connectivity index (χ3n) is 2.26. The number of rotatable bonds is 2. The lowest BCUT2D eigenvalue weighted by atomic mass is 10.1. The summed E-state index contributed by atoms with van der Waals surface area (Å²) in [6.07, 6.45) is 4.32. The van der Waals surface area contributed by atoms with Gasteiger partial charge in [0, 0.05) is 12.2 Å². The van der Waals surface area contributed by atoms with Gasteiger partial charge in [-0.1, -0.05) is 0 Å². The zero-order valence-electron chi connectivity index (χ0n) is 7.13. The molecule has 0 radical (unpaired) electrons. The maximum atomic E-state index is 5.12. The monoisotopic (exact) mass is 167 g/mol. The number of aromatic amines is 1. The van der Waals surface area contributed by atoms with E-state index in [-0.39, 0.29) is 0 Å². The number of methoxy groups -OCH3 is 1. The molecule has 2 heterocycles. The van der Waals surface area contributed by atoms with Crippen LogP contribution in [0, 0.1) is 0 Å². The molecule has 1 aromatic rings. The lowest BCUT2D eigenvalue weighted by Gasteiger charge is -2.08. The van der Waals surface area contributed by atoms with Crippen molar-refractivity contribution in [1.29, 1.82) is 0 Å². The molecule has 1 fully saturated rings. The molecule has 0 saturated carbocycles. The molecule has 0 aromatic carbocycles. The Hall–Kier alpha value is -1.03. The van der Waals surface area contributed by atoms with Gasteiger partial charge in [0.25, 0.3) is 0 Å². The van der Waals surface area contributed by atoms with Crippen LogP contribution in [0.4, 0.5) is 0 Å². The van der Waals surface area contributed by atoms with Crippen molar-refractivity contribution in [2.24, 2.45) is 0 Å². The summed E-state index contributed by atoms with van der Waals surface area (Å²) in [6, 6.07) is 0.429. The van der Waals surface area contributed by atoms with E-state index in [0.717, 1.165) is 18.0 Å². The normalized spacial score (nSPS) is 22.9. The van der Waals surface area contributed by atoms with E-state index in [2.05, 4.69) is 15.5 Å². The van der Waals surface area contributed by atoms with E-state index < -0.39 is 0 Å². The predicted molar refractivity (Wildman–Crippen MR) is 45.1 cm³/mol. The van der Waals surface area contributed by atoms with Crippen LogP contribution in [0.1, 0.15) is 24.4 Å². The van der Waals surface area contributed by atoms with E-state index in [1.807, 2.05) is 6.20 Å². The van der Waals surface area contributed by atoms with Crippen LogP contribution in [-0.4, -0.2) is 23.9 Å². The molecule has 0 bridgehead atoms. The van der Waals surface area contributed by atoms with Crippen LogP contribution < -0.4 is 10.1 Å². The summed E-state index contributed by atoms with van der Waals surface area (Å²) in [6.45, 7) is 1.10. The number of ether oxygens (including phenoxy) is 1. The Kier molecular flexibility index (Phi) is 1.99. The first-order chi connectivity index (χ1) is 5.92. The van der Waals surface area contributed by atoms with Gasteiger partial charge in [-0.3, -0.25) is 5.10 Å². The van der Waals surface area contributed by atoms with Gasteiger partial charge in [0.1, 0.15) is 0 Å². The van der Waals surface area contributed by atoms with Crippen molar-refractivity contribution in [1.82, 2.24) is 15.5 Å². The van der Waals surface area contributed by atoms with E-state index in [1.54, 1.807) is 7.11 Å². The fourth-order valence-electron chi connectivity index (χ4n) is 1.65. The number of hydrogen-bond donors (Lipinski definition) is 2. The minimum Gasteiger partial charge on any atom is -0.480 e. The van der Waals surface area contributed by atoms with E-state index in [0.29, 0.717) is 6.04 Å². The molecule has 1 aromatic heterocycles. The Morgan fingerprint density at radius 2 is 2.58 bits per heavy atom. The fraction of sp³-hybridized carbons (Fsp3) is 0.625. The van der Waals surface area contributed by atoms with Crippen molar-refractivity contribution in [2.45, 2.75) is 18.9 Å². The molecule has 1 unspecified atom stereocenters. The molecule has 2 rings (SSSR count). The molecule has 4 nitrogen and oxygen atoms in total. The van der Waals surface area contributed by atoms with Gasteiger partial charge < -0.3 is 10.1 Å². The van der Waals surface area contributed by atoms with Crippen molar-refractivity contribution < 1.29 is 4.74 Å². The molecule has 1 atom stereocenters. The van der Waals surface area contributed by atoms with Gasteiger partial charge in [0.05, 0.1) is 12.7 Å². The van der Waals surface area contributed by atoms with E-state index in [1.165, 1.54) is 12.8 Å². The Labute approximate surface area is 71.3 Å². The molecule has 12 heavy (non-hydrogen) atoms. The predicted octanol–water partition coefficient (Wildman–Crippen LogP) is 0.843. The highest BCUT2D eigenvalue weighted by atomic mass is 16.5. The second kappa shape index (κ2) is 3.15. The van der Waals surface area contributed by atoms with Crippen LogP contribution >= 0.6 is 0 Å².